The summed E-state index contributed by atoms with van der Waals surface area (Å²) < 4.78 is 15.6. The van der Waals surface area contributed by atoms with Crippen molar-refractivity contribution in [3.05, 3.63) is 64.5 Å². The molecule has 15 heteroatoms. The van der Waals surface area contributed by atoms with Crippen LogP contribution in [0.1, 0.15) is 36.1 Å². The zero-order valence-electron chi connectivity index (χ0n) is 27.7. The molecule has 0 fully saturated rings. The van der Waals surface area contributed by atoms with Crippen molar-refractivity contribution >= 4 is 63.5 Å². The van der Waals surface area contributed by atoms with E-state index in [0.717, 1.165) is 17.7 Å². The van der Waals surface area contributed by atoms with Crippen molar-refractivity contribution in [3.8, 4) is 0 Å². The number of aliphatic hydroxyl groups is 2. The monoisotopic (exact) mass is 604 g/mol. The normalized spacial score (nSPS) is 14.1. The molecule has 234 valence electrons. The number of carbonyl (C=O) groups excluding carboxylic acids is 3. The Morgan fingerprint density at radius 1 is 1.09 bits per heavy atom. The fourth-order valence-corrected chi connectivity index (χ4v) is 5.58. The average molecular weight is 604 g/mol. The van der Waals surface area contributed by atoms with E-state index >= 15 is 4.39 Å². The van der Waals surface area contributed by atoms with E-state index in [4.69, 9.17) is 0 Å². The summed E-state index contributed by atoms with van der Waals surface area (Å²) in [6.45, 7) is 7.92. The fraction of sp³-hybridized carbons (Fsp3) is 0.483. The maximum Gasteiger partial charge on any atom is 0.241 e. The number of hydrogen-bond acceptors (Lipinski definition) is 7. The molecule has 4 N–H and O–H groups in total. The highest BCUT2D eigenvalue weighted by atomic mass is 19.1. The van der Waals surface area contributed by atoms with Crippen molar-refractivity contribution in [2.45, 2.75) is 56.0 Å². The lowest BCUT2D eigenvalue weighted by molar-refractivity contribution is -0.137. The number of benzene rings is 2. The minimum atomic E-state index is -1.91. The summed E-state index contributed by atoms with van der Waals surface area (Å²) >= 11 is 0. The Morgan fingerprint density at radius 3 is 2.27 bits per heavy atom. The molecule has 0 radical (unpaired) electrons. The lowest BCUT2D eigenvalue weighted by Gasteiger charge is -2.46. The first kappa shape index (κ1) is 37.2. The fourth-order valence-electron chi connectivity index (χ4n) is 5.58. The molecule has 2 unspecified atom stereocenters. The van der Waals surface area contributed by atoms with Crippen LogP contribution < -0.4 is 10.6 Å². The Bertz CT molecular complexity index is 1310. The minimum Gasteiger partial charge on any atom is -0.395 e. The van der Waals surface area contributed by atoms with E-state index in [0.29, 0.717) is 48.5 Å². The highest BCUT2D eigenvalue weighted by Gasteiger charge is 2.50. The molecule has 0 aliphatic heterocycles. The number of rotatable bonds is 17. The molecule has 0 aromatic heterocycles. The van der Waals surface area contributed by atoms with E-state index in [-0.39, 0.29) is 19.0 Å². The Hall–Kier alpha value is -3.02. The molecule has 2 rings (SSSR count). The van der Waals surface area contributed by atoms with Gasteiger partial charge in [-0.1, -0.05) is 38.1 Å². The lowest BCUT2D eigenvalue weighted by Crippen LogP contribution is -2.62. The number of halogens is 1. The van der Waals surface area contributed by atoms with Gasteiger partial charge in [0.1, 0.15) is 49.5 Å². The smallest absolute Gasteiger partial charge is 0.241 e. The summed E-state index contributed by atoms with van der Waals surface area (Å²) in [5.74, 6) is -0.487. The Labute approximate surface area is 265 Å². The van der Waals surface area contributed by atoms with Gasteiger partial charge in [0.05, 0.1) is 12.1 Å². The minimum absolute atomic E-state index is 0.0109. The summed E-state index contributed by atoms with van der Waals surface area (Å²) in [5, 5.41) is 24.1. The van der Waals surface area contributed by atoms with Gasteiger partial charge in [0.15, 0.2) is 7.85 Å². The molecule has 0 bridgehead atoms. The SMILES string of the molecule is BC(B)(Nc1cccc(C)c1CN(C=O)C(C(=O)NC)C(B)(B)C(B)(O)C=O)c1ccc(CN(CCO)CC(C)C)cc1F. The molecule has 2 atom stereocenters. The first-order valence-electron chi connectivity index (χ1n) is 15.1. The molecule has 2 aromatic carbocycles. The van der Waals surface area contributed by atoms with Crippen LogP contribution in [0.15, 0.2) is 36.4 Å². The first-order chi connectivity index (χ1) is 20.4. The van der Waals surface area contributed by atoms with Gasteiger partial charge in [0.2, 0.25) is 12.3 Å². The summed E-state index contributed by atoms with van der Waals surface area (Å²) in [5.41, 5.74) is 1.53. The van der Waals surface area contributed by atoms with Crippen LogP contribution in [0, 0.1) is 18.7 Å². The second kappa shape index (κ2) is 15.3. The molecule has 0 saturated carbocycles. The van der Waals surface area contributed by atoms with Gasteiger partial charge in [-0.05, 0) is 52.4 Å². The molecule has 44 heavy (non-hydrogen) atoms. The number of anilines is 1. The van der Waals surface area contributed by atoms with Crippen LogP contribution in [-0.4, -0.2) is 116 Å². The van der Waals surface area contributed by atoms with E-state index in [2.05, 4.69) is 29.4 Å². The van der Waals surface area contributed by atoms with Crippen LogP contribution in [0.4, 0.5) is 10.1 Å². The summed E-state index contributed by atoms with van der Waals surface area (Å²) in [6, 6.07) is 9.57. The number of nitrogens with zero attached hydrogens (tertiary/aromatic N) is 2. The number of likely N-dealkylation sites (N-methyl/N-ethyl adjacent to an activating group) is 1. The molecule has 2 aromatic rings. The van der Waals surface area contributed by atoms with Gasteiger partial charge in [-0.15, -0.1) is 0 Å². The van der Waals surface area contributed by atoms with E-state index < -0.39 is 28.0 Å². The van der Waals surface area contributed by atoms with Gasteiger partial charge in [-0.2, -0.15) is 0 Å². The summed E-state index contributed by atoms with van der Waals surface area (Å²) in [7, 11) is 9.61. The van der Waals surface area contributed by atoms with E-state index in [1.807, 2.05) is 46.9 Å². The van der Waals surface area contributed by atoms with Crippen LogP contribution in [0.25, 0.3) is 0 Å². The van der Waals surface area contributed by atoms with Crippen molar-refractivity contribution in [3.63, 3.8) is 0 Å². The summed E-state index contributed by atoms with van der Waals surface area (Å²) in [4.78, 5) is 40.8. The number of nitrogens with one attached hydrogen (secondary N) is 2. The van der Waals surface area contributed by atoms with E-state index in [9.17, 15) is 24.6 Å². The van der Waals surface area contributed by atoms with E-state index in [1.165, 1.54) is 25.9 Å². The van der Waals surface area contributed by atoms with Crippen molar-refractivity contribution in [1.82, 2.24) is 15.1 Å². The highest BCUT2D eigenvalue weighted by molar-refractivity contribution is 6.49. The lowest BCUT2D eigenvalue weighted by atomic mass is 9.38. The molecule has 9 nitrogen and oxygen atoms in total. The Morgan fingerprint density at radius 2 is 1.75 bits per heavy atom. The van der Waals surface area contributed by atoms with Gasteiger partial charge in [0.25, 0.3) is 0 Å². The number of aliphatic hydroxyl groups excluding tert-OH is 1. The summed E-state index contributed by atoms with van der Waals surface area (Å²) in [6.07, 6.45) is 0.922. The second-order valence-corrected chi connectivity index (χ2v) is 13.3. The van der Waals surface area contributed by atoms with Gasteiger partial charge in [-0.3, -0.25) is 14.5 Å². The largest absolute Gasteiger partial charge is 0.395 e. The number of carbonyl (C=O) groups is 3. The van der Waals surface area contributed by atoms with Gasteiger partial charge < -0.3 is 30.5 Å². The number of aldehydes is 1. The average Bonchev–Trinajstić information content (AvgIpc) is 2.93. The van der Waals surface area contributed by atoms with Crippen molar-refractivity contribution in [2.75, 3.05) is 32.1 Å². The van der Waals surface area contributed by atoms with Gasteiger partial charge >= 0.3 is 0 Å². The number of amides is 2. The van der Waals surface area contributed by atoms with Gasteiger partial charge in [0, 0.05) is 44.3 Å². The molecule has 0 aliphatic carbocycles. The van der Waals surface area contributed by atoms with Crippen molar-refractivity contribution < 1.29 is 29.0 Å². The van der Waals surface area contributed by atoms with Crippen molar-refractivity contribution in [2.24, 2.45) is 5.92 Å². The third-order valence-corrected chi connectivity index (χ3v) is 8.53. The van der Waals surface area contributed by atoms with Crippen LogP contribution >= 0.6 is 0 Å². The predicted octanol–water partition coefficient (Wildman–Crippen LogP) is -2.95. The third kappa shape index (κ3) is 8.79. The first-order valence-corrected chi connectivity index (χ1v) is 15.1. The zero-order valence-corrected chi connectivity index (χ0v) is 27.7. The number of hydrogen-bond donors (Lipinski definition) is 4. The number of aryl methyl sites for hydroxylation is 1. The molecule has 0 spiro atoms. The Kier molecular flexibility index (Phi) is 12.9. The molecule has 2 amide bonds. The molecular weight excluding hydrogens is 557 g/mol. The maximum atomic E-state index is 15.6. The van der Waals surface area contributed by atoms with Crippen molar-refractivity contribution in [1.29, 1.82) is 0 Å². The van der Waals surface area contributed by atoms with Crippen LogP contribution in [0.5, 0.6) is 0 Å². The second-order valence-electron chi connectivity index (χ2n) is 13.3. The standard InChI is InChI=1S/C29H46B5FN4O5/c1-18(2)13-38(10-11-40)14-20-8-9-22(23(35)12-20)29(33,34)37-24-7-5-6-19(3)21(24)15-39(17-42)25(26(43)36-4)28(31,32)27(30,44)16-41/h5-9,12,16-18,25,37,40,44H,10-11,13-15,30-34H2,1-4H3,(H,36,43). The highest BCUT2D eigenvalue weighted by Crippen LogP contribution is 2.37. The van der Waals surface area contributed by atoms with Crippen LogP contribution in [0.2, 0.25) is 5.21 Å². The molecule has 0 saturated heterocycles. The maximum absolute atomic E-state index is 15.6. The Balaban J connectivity index is 2.46. The zero-order chi connectivity index (χ0) is 33.5. The van der Waals surface area contributed by atoms with E-state index in [1.54, 1.807) is 21.8 Å². The van der Waals surface area contributed by atoms with Gasteiger partial charge in [-0.25, -0.2) is 4.39 Å². The van der Waals surface area contributed by atoms with Crippen LogP contribution in [-0.2, 0) is 32.8 Å². The molecule has 0 heterocycles. The third-order valence-electron chi connectivity index (χ3n) is 8.53. The quantitative estimate of drug-likeness (QED) is 0.113. The molecular formula is C29H46B5FN4O5. The van der Waals surface area contributed by atoms with Crippen LogP contribution in [0.3, 0.4) is 0 Å². The predicted molar refractivity (Wildman–Crippen MR) is 186 cm³/mol. The topological polar surface area (TPSA) is 122 Å². The molecule has 0 aliphatic rings.